The Hall–Kier alpha value is -1.68. The van der Waals surface area contributed by atoms with Crippen LogP contribution < -0.4 is 4.90 Å². The van der Waals surface area contributed by atoms with E-state index in [9.17, 15) is 4.79 Å². The lowest BCUT2D eigenvalue weighted by Gasteiger charge is -2.11. The van der Waals surface area contributed by atoms with E-state index in [-0.39, 0.29) is 0 Å². The second kappa shape index (κ2) is 9.46. The highest BCUT2D eigenvalue weighted by Crippen LogP contribution is 2.33. The van der Waals surface area contributed by atoms with Crippen molar-refractivity contribution in [2.75, 3.05) is 18.5 Å². The van der Waals surface area contributed by atoms with Gasteiger partial charge in [0, 0.05) is 36.1 Å². The third-order valence-corrected chi connectivity index (χ3v) is 4.44. The molecular formula is C19H28N2OS. The zero-order chi connectivity index (χ0) is 17.4. The predicted molar refractivity (Wildman–Crippen MR) is 102 cm³/mol. The van der Waals surface area contributed by atoms with Crippen molar-refractivity contribution in [2.24, 2.45) is 0 Å². The molecule has 0 saturated heterocycles. The Labute approximate surface area is 144 Å². The van der Waals surface area contributed by atoms with Crippen LogP contribution in [-0.4, -0.2) is 24.9 Å². The Morgan fingerprint density at radius 2 is 1.96 bits per heavy atom. The van der Waals surface area contributed by atoms with Crippen LogP contribution in [0.3, 0.4) is 0 Å². The smallest absolute Gasteiger partial charge is 0.119 e. The van der Waals surface area contributed by atoms with Gasteiger partial charge in [-0.15, -0.1) is 11.3 Å². The summed E-state index contributed by atoms with van der Waals surface area (Å²) in [5, 5.41) is 1.15. The Morgan fingerprint density at radius 1 is 1.30 bits per heavy atom. The summed E-state index contributed by atoms with van der Waals surface area (Å²) < 4.78 is 0. The van der Waals surface area contributed by atoms with Crippen molar-refractivity contribution in [1.29, 1.82) is 0 Å². The number of carbonyl (C=O) groups excluding carboxylic acids is 1. The maximum absolute atomic E-state index is 9.17. The molecule has 1 aliphatic heterocycles. The fraction of sp³-hybridized carbons (Fsp3) is 0.474. The van der Waals surface area contributed by atoms with E-state index in [0.29, 0.717) is 6.42 Å². The van der Waals surface area contributed by atoms with Gasteiger partial charge in [0.25, 0.3) is 0 Å². The molecule has 0 unspecified atom stereocenters. The second-order valence-electron chi connectivity index (χ2n) is 5.23. The van der Waals surface area contributed by atoms with Crippen molar-refractivity contribution >= 4 is 23.3 Å². The van der Waals surface area contributed by atoms with Gasteiger partial charge in [0.2, 0.25) is 0 Å². The quantitative estimate of drug-likeness (QED) is 0.722. The number of thiazole rings is 1. The number of aromatic nitrogens is 1. The molecule has 1 aromatic carbocycles. The molecule has 2 heterocycles. The average molecular weight is 333 g/mol. The van der Waals surface area contributed by atoms with E-state index in [1.165, 1.54) is 21.7 Å². The number of benzene rings is 1. The van der Waals surface area contributed by atoms with Crippen LogP contribution in [0.2, 0.25) is 0 Å². The van der Waals surface area contributed by atoms with Crippen molar-refractivity contribution in [3.8, 4) is 11.3 Å². The van der Waals surface area contributed by atoms with Gasteiger partial charge >= 0.3 is 0 Å². The van der Waals surface area contributed by atoms with E-state index >= 15 is 0 Å². The van der Waals surface area contributed by atoms with E-state index in [0.717, 1.165) is 30.0 Å². The summed E-state index contributed by atoms with van der Waals surface area (Å²) in [5.41, 5.74) is 5.25. The number of anilines is 1. The van der Waals surface area contributed by atoms with Crippen LogP contribution in [-0.2, 0) is 11.2 Å². The van der Waals surface area contributed by atoms with Gasteiger partial charge in [0.1, 0.15) is 6.29 Å². The molecule has 0 aliphatic carbocycles. The number of aldehydes is 1. The molecule has 0 fully saturated rings. The number of aryl methyl sites for hydroxylation is 2. The topological polar surface area (TPSA) is 33.2 Å². The highest BCUT2D eigenvalue weighted by Gasteiger charge is 2.17. The number of hydrogen-bond acceptors (Lipinski definition) is 4. The second-order valence-corrected chi connectivity index (χ2v) is 6.63. The normalized spacial score (nSPS) is 11.8. The maximum Gasteiger partial charge on any atom is 0.119 e. The first-order chi connectivity index (χ1) is 11.1. The Bertz CT molecular complexity index is 634. The molecule has 0 bridgehead atoms. The molecule has 0 spiro atoms. The molecule has 1 aliphatic rings. The fourth-order valence-electron chi connectivity index (χ4n) is 2.51. The van der Waals surface area contributed by atoms with E-state index in [4.69, 9.17) is 0 Å². The lowest BCUT2D eigenvalue weighted by atomic mass is 10.1. The number of hydrogen-bond donors (Lipinski definition) is 0. The first kappa shape index (κ1) is 19.4. The molecule has 2 aromatic rings. The Kier molecular flexibility index (Phi) is 7.96. The summed E-state index contributed by atoms with van der Waals surface area (Å²) in [5.74, 6) is 0. The van der Waals surface area contributed by atoms with Gasteiger partial charge in [-0.05, 0) is 38.0 Å². The number of likely N-dealkylation sites (N-methyl/N-ethyl adjacent to an activating group) is 1. The molecule has 4 heteroatoms. The highest BCUT2D eigenvalue weighted by atomic mass is 32.1. The Morgan fingerprint density at radius 3 is 2.48 bits per heavy atom. The molecule has 1 aromatic heterocycles. The molecule has 23 heavy (non-hydrogen) atoms. The average Bonchev–Trinajstić information content (AvgIpc) is 3.11. The van der Waals surface area contributed by atoms with E-state index in [1.807, 2.05) is 20.8 Å². The van der Waals surface area contributed by atoms with Gasteiger partial charge in [-0.2, -0.15) is 0 Å². The zero-order valence-electron chi connectivity index (χ0n) is 15.1. The summed E-state index contributed by atoms with van der Waals surface area (Å²) in [6, 6.07) is 6.73. The van der Waals surface area contributed by atoms with Crippen molar-refractivity contribution < 1.29 is 4.79 Å². The van der Waals surface area contributed by atoms with Crippen LogP contribution in [0.4, 0.5) is 5.69 Å². The number of rotatable bonds is 2. The summed E-state index contributed by atoms with van der Waals surface area (Å²) in [7, 11) is 2.16. The monoisotopic (exact) mass is 332 g/mol. The molecule has 3 rings (SSSR count). The number of fused-ring (bicyclic) bond motifs is 1. The molecule has 0 N–H and O–H groups in total. The van der Waals surface area contributed by atoms with E-state index in [2.05, 4.69) is 49.0 Å². The van der Waals surface area contributed by atoms with Crippen LogP contribution in [0, 0.1) is 13.8 Å². The largest absolute Gasteiger partial charge is 0.374 e. The molecule has 0 amide bonds. The third kappa shape index (κ3) is 4.90. The van der Waals surface area contributed by atoms with Gasteiger partial charge in [-0.3, -0.25) is 0 Å². The van der Waals surface area contributed by atoms with Crippen LogP contribution in [0.15, 0.2) is 18.2 Å². The van der Waals surface area contributed by atoms with Gasteiger partial charge < -0.3 is 9.69 Å². The minimum Gasteiger partial charge on any atom is -0.374 e. The first-order valence-electron chi connectivity index (χ1n) is 8.29. The number of nitrogens with zero attached hydrogens (tertiary/aromatic N) is 2. The van der Waals surface area contributed by atoms with Gasteiger partial charge in [0.05, 0.1) is 10.7 Å². The summed E-state index contributed by atoms with van der Waals surface area (Å²) >= 11 is 1.78. The summed E-state index contributed by atoms with van der Waals surface area (Å²) in [6.07, 6.45) is 2.67. The van der Waals surface area contributed by atoms with E-state index in [1.54, 1.807) is 11.3 Å². The highest BCUT2D eigenvalue weighted by molar-refractivity contribution is 7.11. The van der Waals surface area contributed by atoms with Crippen LogP contribution >= 0.6 is 11.3 Å². The minimum absolute atomic E-state index is 0.639. The molecule has 0 saturated carbocycles. The molecule has 0 atom stereocenters. The molecule has 0 radical (unpaired) electrons. The van der Waals surface area contributed by atoms with Gasteiger partial charge in [-0.25, -0.2) is 4.98 Å². The Balaban J connectivity index is 0.000000388. The van der Waals surface area contributed by atoms with Crippen molar-refractivity contribution in [3.63, 3.8) is 0 Å². The first-order valence-corrected chi connectivity index (χ1v) is 9.10. The third-order valence-electron chi connectivity index (χ3n) is 3.55. The summed E-state index contributed by atoms with van der Waals surface area (Å²) in [4.78, 5) is 17.4. The van der Waals surface area contributed by atoms with Crippen LogP contribution in [0.5, 0.6) is 0 Å². The summed E-state index contributed by atoms with van der Waals surface area (Å²) in [6.45, 7) is 11.2. The van der Waals surface area contributed by atoms with Crippen molar-refractivity contribution in [3.05, 3.63) is 33.6 Å². The van der Waals surface area contributed by atoms with Crippen molar-refractivity contribution in [1.82, 2.24) is 4.98 Å². The SMILES string of the molecule is CC.CCC=O.Cc1nc(-c2ccc3c(c2)CCN3C)c(C)s1. The lowest BCUT2D eigenvalue weighted by Crippen LogP contribution is -2.12. The predicted octanol–water partition coefficient (Wildman–Crippen LogP) is 5.04. The standard InChI is InChI=1S/C14H16N2S.C3H6O.C2H6/c1-9-14(15-10(2)17-9)12-4-5-13-11(8-12)6-7-16(13)3;1-2-3-4;1-2/h4-5,8H,6-7H2,1-3H3;3H,2H2,1H3;1-2H3. The molecule has 126 valence electrons. The fourth-order valence-corrected chi connectivity index (χ4v) is 3.35. The van der Waals surface area contributed by atoms with Gasteiger partial charge in [-0.1, -0.05) is 26.8 Å². The molecule has 3 nitrogen and oxygen atoms in total. The van der Waals surface area contributed by atoms with Gasteiger partial charge in [0.15, 0.2) is 0 Å². The maximum atomic E-state index is 9.17. The molecular weight excluding hydrogens is 304 g/mol. The van der Waals surface area contributed by atoms with Crippen LogP contribution in [0.1, 0.15) is 42.6 Å². The van der Waals surface area contributed by atoms with Crippen molar-refractivity contribution in [2.45, 2.75) is 47.5 Å². The number of carbonyl (C=O) groups is 1. The lowest BCUT2D eigenvalue weighted by molar-refractivity contribution is -0.107. The minimum atomic E-state index is 0.639. The zero-order valence-corrected chi connectivity index (χ0v) is 16.0. The van der Waals surface area contributed by atoms with Crippen LogP contribution in [0.25, 0.3) is 11.3 Å². The van der Waals surface area contributed by atoms with E-state index < -0.39 is 0 Å².